The van der Waals surface area contributed by atoms with Crippen molar-refractivity contribution in [2.24, 2.45) is 5.10 Å². The van der Waals surface area contributed by atoms with E-state index in [1.165, 1.54) is 24.1 Å². The van der Waals surface area contributed by atoms with Crippen LogP contribution in [0, 0.1) is 0 Å². The maximum Gasteiger partial charge on any atom is 0.292 e. The maximum atomic E-state index is 12.5. The number of amides is 1. The molecule has 0 aliphatic heterocycles. The first-order valence-corrected chi connectivity index (χ1v) is 8.25. The summed E-state index contributed by atoms with van der Waals surface area (Å²) in [4.78, 5) is 24.9. The normalized spacial score (nSPS) is 11.0. The Morgan fingerprint density at radius 3 is 2.74 bits per heavy atom. The molecule has 0 saturated carbocycles. The molecule has 1 heterocycles. The number of benzene rings is 2. The lowest BCUT2D eigenvalue weighted by molar-refractivity contribution is 0.0949. The highest BCUT2D eigenvalue weighted by atomic mass is 16.5. The maximum absolute atomic E-state index is 12.5. The predicted octanol–water partition coefficient (Wildman–Crippen LogP) is 1.89. The van der Waals surface area contributed by atoms with Gasteiger partial charge in [0.05, 0.1) is 18.7 Å². The second kappa shape index (κ2) is 7.69. The molecule has 3 rings (SSSR count). The number of nitrogens with zero attached hydrogens (tertiary/aromatic N) is 3. The van der Waals surface area contributed by atoms with E-state index in [2.05, 4.69) is 15.6 Å². The second-order valence-electron chi connectivity index (χ2n) is 5.65. The summed E-state index contributed by atoms with van der Waals surface area (Å²) < 4.78 is 6.27. The highest BCUT2D eigenvalue weighted by Crippen LogP contribution is 2.25. The number of methoxy groups -OCH3 is 1. The van der Waals surface area contributed by atoms with E-state index in [1.54, 1.807) is 43.3 Å². The number of hydrazone groups is 1. The number of nitrogens with one attached hydrogen (secondary N) is 1. The lowest BCUT2D eigenvalue weighted by atomic mass is 10.1. The molecule has 0 unspecified atom stereocenters. The number of rotatable bonds is 5. The summed E-state index contributed by atoms with van der Waals surface area (Å²) in [6.07, 6.45) is 1.41. The number of hydrogen-bond donors (Lipinski definition) is 2. The lowest BCUT2D eigenvalue weighted by Crippen LogP contribution is -2.28. The summed E-state index contributed by atoms with van der Waals surface area (Å²) in [6.45, 7) is 2.13. The molecule has 0 fully saturated rings. The molecule has 0 saturated heterocycles. The largest absolute Gasteiger partial charge is 0.504 e. The van der Waals surface area contributed by atoms with Crippen LogP contribution < -0.4 is 15.7 Å². The summed E-state index contributed by atoms with van der Waals surface area (Å²) in [5.41, 5.74) is 2.91. The van der Waals surface area contributed by atoms with Crippen molar-refractivity contribution in [1.82, 2.24) is 15.2 Å². The van der Waals surface area contributed by atoms with Crippen molar-refractivity contribution in [2.45, 2.75) is 13.5 Å². The van der Waals surface area contributed by atoms with Crippen LogP contribution in [-0.2, 0) is 6.54 Å². The van der Waals surface area contributed by atoms with Gasteiger partial charge in [0, 0.05) is 11.9 Å². The minimum Gasteiger partial charge on any atom is -0.504 e. The van der Waals surface area contributed by atoms with Gasteiger partial charge in [-0.05, 0) is 36.8 Å². The van der Waals surface area contributed by atoms with Crippen molar-refractivity contribution in [1.29, 1.82) is 0 Å². The van der Waals surface area contributed by atoms with Crippen LogP contribution in [0.3, 0.4) is 0 Å². The van der Waals surface area contributed by atoms with E-state index in [-0.39, 0.29) is 17.0 Å². The van der Waals surface area contributed by atoms with Crippen LogP contribution in [0.15, 0.2) is 52.4 Å². The number of phenolic OH excluding ortho intramolecular Hbond substituents is 1. The Bertz CT molecular complexity index is 1090. The van der Waals surface area contributed by atoms with E-state index in [0.29, 0.717) is 28.6 Å². The van der Waals surface area contributed by atoms with E-state index >= 15 is 0 Å². The fourth-order valence-corrected chi connectivity index (χ4v) is 2.61. The summed E-state index contributed by atoms with van der Waals surface area (Å²) in [7, 11) is 1.44. The van der Waals surface area contributed by atoms with Crippen LogP contribution in [0.25, 0.3) is 10.8 Å². The molecule has 3 aromatic rings. The van der Waals surface area contributed by atoms with Gasteiger partial charge in [-0.3, -0.25) is 9.59 Å². The zero-order valence-corrected chi connectivity index (χ0v) is 14.8. The third-order valence-electron chi connectivity index (χ3n) is 3.97. The minimum atomic E-state index is -0.532. The zero-order chi connectivity index (χ0) is 19.4. The monoisotopic (exact) mass is 366 g/mol. The molecule has 27 heavy (non-hydrogen) atoms. The van der Waals surface area contributed by atoms with Crippen LogP contribution in [0.5, 0.6) is 11.5 Å². The highest BCUT2D eigenvalue weighted by molar-refractivity contribution is 6.04. The third kappa shape index (κ3) is 3.64. The Hall–Kier alpha value is -3.68. The molecule has 2 aromatic carbocycles. The van der Waals surface area contributed by atoms with Crippen LogP contribution in [-0.4, -0.2) is 34.1 Å². The number of carbonyl (C=O) groups is 1. The van der Waals surface area contributed by atoms with Crippen molar-refractivity contribution >= 4 is 22.9 Å². The lowest BCUT2D eigenvalue weighted by Gasteiger charge is -2.08. The quantitative estimate of drug-likeness (QED) is 0.530. The number of hydrogen-bond acceptors (Lipinski definition) is 6. The van der Waals surface area contributed by atoms with Gasteiger partial charge in [0.1, 0.15) is 0 Å². The Labute approximate surface area is 154 Å². The van der Waals surface area contributed by atoms with Gasteiger partial charge in [0.25, 0.3) is 11.5 Å². The van der Waals surface area contributed by atoms with Crippen molar-refractivity contribution in [3.8, 4) is 11.5 Å². The SMILES string of the molecule is CCn1nc(C(=O)N/N=C/c2ccc(O)c(OC)c2)c2ccccc2c1=O. The molecule has 0 spiro atoms. The van der Waals surface area contributed by atoms with Crippen LogP contribution >= 0.6 is 0 Å². The van der Waals surface area contributed by atoms with Gasteiger partial charge >= 0.3 is 0 Å². The van der Waals surface area contributed by atoms with Gasteiger partial charge in [-0.15, -0.1) is 0 Å². The first-order chi connectivity index (χ1) is 13.0. The number of carbonyl (C=O) groups excluding carboxylic acids is 1. The minimum absolute atomic E-state index is 0.0103. The van der Waals surface area contributed by atoms with Gasteiger partial charge < -0.3 is 9.84 Å². The molecule has 0 radical (unpaired) electrons. The average Bonchev–Trinajstić information content (AvgIpc) is 2.69. The van der Waals surface area contributed by atoms with Gasteiger partial charge in [0.2, 0.25) is 0 Å². The number of fused-ring (bicyclic) bond motifs is 1. The molecule has 2 N–H and O–H groups in total. The Kier molecular flexibility index (Phi) is 5.16. The fraction of sp³-hybridized carbons (Fsp3) is 0.158. The van der Waals surface area contributed by atoms with Gasteiger partial charge in [-0.25, -0.2) is 10.1 Å². The molecule has 1 aromatic heterocycles. The predicted molar refractivity (Wildman–Crippen MR) is 101 cm³/mol. The number of aromatic nitrogens is 2. The topological polar surface area (TPSA) is 106 Å². The molecule has 138 valence electrons. The Morgan fingerprint density at radius 1 is 1.30 bits per heavy atom. The standard InChI is InChI=1S/C19H18N4O4/c1-3-23-19(26)14-7-5-4-6-13(14)17(22-23)18(25)21-20-11-12-8-9-15(24)16(10-12)27-2/h4-11,24H,3H2,1-2H3,(H,21,25)/b20-11+. The molecule has 0 atom stereocenters. The number of phenols is 1. The van der Waals surface area contributed by atoms with E-state index < -0.39 is 5.91 Å². The molecule has 0 bridgehead atoms. The Morgan fingerprint density at radius 2 is 2.04 bits per heavy atom. The first kappa shape index (κ1) is 18.1. The summed E-state index contributed by atoms with van der Waals surface area (Å²) in [5.74, 6) is -0.223. The molecule has 0 aliphatic rings. The Balaban J connectivity index is 1.89. The highest BCUT2D eigenvalue weighted by Gasteiger charge is 2.15. The smallest absolute Gasteiger partial charge is 0.292 e. The van der Waals surface area contributed by atoms with Gasteiger partial charge in [0.15, 0.2) is 17.2 Å². The summed E-state index contributed by atoms with van der Waals surface area (Å²) in [5, 5.41) is 18.5. The fourth-order valence-electron chi connectivity index (χ4n) is 2.61. The number of aryl methyl sites for hydroxylation is 1. The summed E-state index contributed by atoms with van der Waals surface area (Å²) in [6, 6.07) is 11.5. The van der Waals surface area contributed by atoms with Gasteiger partial charge in [-0.1, -0.05) is 18.2 Å². The van der Waals surface area contributed by atoms with E-state index in [4.69, 9.17) is 4.74 Å². The van der Waals surface area contributed by atoms with E-state index in [9.17, 15) is 14.7 Å². The van der Waals surface area contributed by atoms with Gasteiger partial charge in [-0.2, -0.15) is 10.2 Å². The van der Waals surface area contributed by atoms with Crippen molar-refractivity contribution in [3.05, 3.63) is 64.1 Å². The number of ether oxygens (including phenoxy) is 1. The average molecular weight is 366 g/mol. The van der Waals surface area contributed by atoms with Crippen molar-refractivity contribution < 1.29 is 14.6 Å². The molecule has 8 heteroatoms. The van der Waals surface area contributed by atoms with Crippen molar-refractivity contribution in [3.63, 3.8) is 0 Å². The molecule has 1 amide bonds. The first-order valence-electron chi connectivity index (χ1n) is 8.25. The molecule has 8 nitrogen and oxygen atoms in total. The van der Waals surface area contributed by atoms with Crippen LogP contribution in [0.1, 0.15) is 23.0 Å². The van der Waals surface area contributed by atoms with Crippen LogP contribution in [0.2, 0.25) is 0 Å². The van der Waals surface area contributed by atoms with Crippen LogP contribution in [0.4, 0.5) is 0 Å². The second-order valence-corrected chi connectivity index (χ2v) is 5.65. The van der Waals surface area contributed by atoms with E-state index in [0.717, 1.165) is 0 Å². The van der Waals surface area contributed by atoms with E-state index in [1.807, 2.05) is 0 Å². The third-order valence-corrected chi connectivity index (χ3v) is 3.97. The molecular weight excluding hydrogens is 348 g/mol. The summed E-state index contributed by atoms with van der Waals surface area (Å²) >= 11 is 0. The van der Waals surface area contributed by atoms with Crippen molar-refractivity contribution in [2.75, 3.05) is 7.11 Å². The molecular formula is C19H18N4O4. The number of aromatic hydroxyl groups is 1. The molecule has 0 aliphatic carbocycles. The zero-order valence-electron chi connectivity index (χ0n) is 14.8.